The van der Waals surface area contributed by atoms with E-state index in [1.807, 2.05) is 30.3 Å². The number of rotatable bonds is 7. The molecule has 1 aliphatic rings. The molecular formula is C20H23FN4O2. The Morgan fingerprint density at radius 2 is 2.00 bits per heavy atom. The van der Waals surface area contributed by atoms with Gasteiger partial charge in [0.05, 0.1) is 5.56 Å². The number of carbonyl (C=O) groups is 2. The summed E-state index contributed by atoms with van der Waals surface area (Å²) in [5.74, 6) is -1.01. The summed E-state index contributed by atoms with van der Waals surface area (Å²) < 4.78 is 14.4. The van der Waals surface area contributed by atoms with Gasteiger partial charge in [-0.3, -0.25) is 9.69 Å². The van der Waals surface area contributed by atoms with E-state index in [0.717, 1.165) is 5.56 Å². The van der Waals surface area contributed by atoms with Gasteiger partial charge < -0.3 is 16.0 Å². The number of hydrogen-bond donors (Lipinski definition) is 2. The lowest BCUT2D eigenvalue weighted by atomic mass is 10.1. The summed E-state index contributed by atoms with van der Waals surface area (Å²) in [6.07, 6.45) is 0.619. The van der Waals surface area contributed by atoms with Gasteiger partial charge in [-0.15, -0.1) is 0 Å². The summed E-state index contributed by atoms with van der Waals surface area (Å²) in [6.45, 7) is 2.25. The van der Waals surface area contributed by atoms with Gasteiger partial charge in [0.2, 0.25) is 0 Å². The van der Waals surface area contributed by atoms with Crippen molar-refractivity contribution in [1.82, 2.24) is 10.2 Å². The number of amides is 3. The summed E-state index contributed by atoms with van der Waals surface area (Å²) in [6, 6.07) is 13.5. The first-order chi connectivity index (χ1) is 13.1. The molecule has 3 amide bonds. The second-order valence-corrected chi connectivity index (χ2v) is 6.40. The maximum absolute atomic E-state index is 14.4. The molecule has 27 heavy (non-hydrogen) atoms. The SMILES string of the molecule is NCCCN(Cc1ccccc1)C(=O)c1cc(N2CCNC2=O)ccc1F. The largest absolute Gasteiger partial charge is 0.336 e. The first kappa shape index (κ1) is 18.8. The number of halogens is 1. The van der Waals surface area contributed by atoms with Crippen molar-refractivity contribution in [2.24, 2.45) is 5.73 Å². The second kappa shape index (κ2) is 8.64. The minimum atomic E-state index is -0.603. The number of benzene rings is 2. The van der Waals surface area contributed by atoms with E-state index in [-0.39, 0.29) is 11.6 Å². The Balaban J connectivity index is 1.86. The fraction of sp³-hybridized carbons (Fsp3) is 0.300. The maximum atomic E-state index is 14.4. The van der Waals surface area contributed by atoms with E-state index in [9.17, 15) is 14.0 Å². The Kier molecular flexibility index (Phi) is 6.03. The molecule has 0 aliphatic carbocycles. The molecule has 1 aliphatic heterocycles. The number of urea groups is 1. The van der Waals surface area contributed by atoms with Crippen LogP contribution in [0, 0.1) is 5.82 Å². The van der Waals surface area contributed by atoms with Crippen molar-refractivity contribution in [2.75, 3.05) is 31.1 Å². The van der Waals surface area contributed by atoms with Crippen LogP contribution in [0.25, 0.3) is 0 Å². The molecule has 7 heteroatoms. The van der Waals surface area contributed by atoms with Crippen LogP contribution in [0.5, 0.6) is 0 Å². The molecule has 0 aromatic heterocycles. The average molecular weight is 370 g/mol. The Bertz CT molecular complexity index is 813. The van der Waals surface area contributed by atoms with Gasteiger partial charge in [0.25, 0.3) is 5.91 Å². The molecule has 3 rings (SSSR count). The fourth-order valence-corrected chi connectivity index (χ4v) is 3.07. The molecule has 0 bridgehead atoms. The molecule has 0 saturated carbocycles. The molecule has 2 aromatic rings. The molecule has 1 heterocycles. The van der Waals surface area contributed by atoms with Crippen LogP contribution >= 0.6 is 0 Å². The molecule has 0 atom stereocenters. The number of hydrogen-bond acceptors (Lipinski definition) is 3. The Hall–Kier alpha value is -2.93. The minimum Gasteiger partial charge on any atom is -0.336 e. The zero-order valence-electron chi connectivity index (χ0n) is 15.0. The normalized spacial score (nSPS) is 13.6. The summed E-state index contributed by atoms with van der Waals surface area (Å²) in [5.41, 5.74) is 7.02. The quantitative estimate of drug-likeness (QED) is 0.785. The third-order valence-corrected chi connectivity index (χ3v) is 4.48. The Morgan fingerprint density at radius 1 is 1.22 bits per heavy atom. The molecule has 142 valence electrons. The summed E-state index contributed by atoms with van der Waals surface area (Å²) in [5, 5.41) is 2.70. The van der Waals surface area contributed by atoms with E-state index < -0.39 is 11.7 Å². The lowest BCUT2D eigenvalue weighted by molar-refractivity contribution is 0.0737. The van der Waals surface area contributed by atoms with Crippen LogP contribution in [0.15, 0.2) is 48.5 Å². The molecule has 3 N–H and O–H groups in total. The van der Waals surface area contributed by atoms with Gasteiger partial charge in [0, 0.05) is 31.9 Å². The van der Waals surface area contributed by atoms with Crippen LogP contribution in [0.3, 0.4) is 0 Å². The molecule has 0 spiro atoms. The van der Waals surface area contributed by atoms with Crippen LogP contribution in [0.1, 0.15) is 22.3 Å². The van der Waals surface area contributed by atoms with E-state index in [2.05, 4.69) is 5.32 Å². The maximum Gasteiger partial charge on any atom is 0.321 e. The van der Waals surface area contributed by atoms with Crippen molar-refractivity contribution in [1.29, 1.82) is 0 Å². The van der Waals surface area contributed by atoms with Crippen LogP contribution in [-0.2, 0) is 6.54 Å². The van der Waals surface area contributed by atoms with Gasteiger partial charge in [0.1, 0.15) is 5.82 Å². The number of anilines is 1. The van der Waals surface area contributed by atoms with Gasteiger partial charge >= 0.3 is 6.03 Å². The van der Waals surface area contributed by atoms with Crippen LogP contribution < -0.4 is 16.0 Å². The lowest BCUT2D eigenvalue weighted by Gasteiger charge is -2.24. The first-order valence-corrected chi connectivity index (χ1v) is 8.98. The van der Waals surface area contributed by atoms with Gasteiger partial charge in [-0.2, -0.15) is 0 Å². The molecule has 1 fully saturated rings. The predicted molar refractivity (Wildman–Crippen MR) is 102 cm³/mol. The molecule has 2 aromatic carbocycles. The highest BCUT2D eigenvalue weighted by Gasteiger charge is 2.25. The van der Waals surface area contributed by atoms with Gasteiger partial charge in [-0.05, 0) is 36.7 Å². The third-order valence-electron chi connectivity index (χ3n) is 4.48. The number of nitrogens with zero attached hydrogens (tertiary/aromatic N) is 2. The van der Waals surface area contributed by atoms with Crippen LogP contribution in [0.4, 0.5) is 14.9 Å². The van der Waals surface area contributed by atoms with Crippen LogP contribution in [-0.4, -0.2) is 43.0 Å². The second-order valence-electron chi connectivity index (χ2n) is 6.40. The Labute approximate surface area is 157 Å². The molecular weight excluding hydrogens is 347 g/mol. The van der Waals surface area contributed by atoms with Crippen molar-refractivity contribution < 1.29 is 14.0 Å². The summed E-state index contributed by atoms with van der Waals surface area (Å²) in [4.78, 5) is 28.0. The van der Waals surface area contributed by atoms with Crippen molar-refractivity contribution in [2.45, 2.75) is 13.0 Å². The minimum absolute atomic E-state index is 0.0415. The highest BCUT2D eigenvalue weighted by Crippen LogP contribution is 2.22. The highest BCUT2D eigenvalue weighted by atomic mass is 19.1. The third kappa shape index (κ3) is 4.43. The average Bonchev–Trinajstić information content (AvgIpc) is 3.12. The van der Waals surface area contributed by atoms with Crippen molar-refractivity contribution in [3.8, 4) is 0 Å². The van der Waals surface area contributed by atoms with Crippen LogP contribution in [0.2, 0.25) is 0 Å². The highest BCUT2D eigenvalue weighted by molar-refractivity contribution is 5.98. The first-order valence-electron chi connectivity index (χ1n) is 8.98. The topological polar surface area (TPSA) is 78.7 Å². The van der Waals surface area contributed by atoms with Crippen molar-refractivity contribution >= 4 is 17.6 Å². The molecule has 1 saturated heterocycles. The summed E-state index contributed by atoms with van der Waals surface area (Å²) >= 11 is 0. The van der Waals surface area contributed by atoms with Gasteiger partial charge in [-0.1, -0.05) is 30.3 Å². The van der Waals surface area contributed by atoms with Crippen molar-refractivity contribution in [3.63, 3.8) is 0 Å². The van der Waals surface area contributed by atoms with E-state index in [1.165, 1.54) is 23.1 Å². The standard InChI is InChI=1S/C20H23FN4O2/c21-18-8-7-16(25-12-10-23-20(25)27)13-17(18)19(26)24(11-4-9-22)14-15-5-2-1-3-6-15/h1-3,5-8,13H,4,9-12,14,22H2,(H,23,27). The van der Waals surface area contributed by atoms with Crippen molar-refractivity contribution in [3.05, 3.63) is 65.5 Å². The number of nitrogens with two attached hydrogens (primary N) is 1. The van der Waals surface area contributed by atoms with E-state index in [1.54, 1.807) is 4.90 Å². The van der Waals surface area contributed by atoms with E-state index in [0.29, 0.717) is 44.8 Å². The number of carbonyl (C=O) groups excluding carboxylic acids is 2. The van der Waals surface area contributed by atoms with Gasteiger partial charge in [0.15, 0.2) is 0 Å². The Morgan fingerprint density at radius 3 is 2.67 bits per heavy atom. The monoisotopic (exact) mass is 370 g/mol. The van der Waals surface area contributed by atoms with Gasteiger partial charge in [-0.25, -0.2) is 9.18 Å². The summed E-state index contributed by atoms with van der Waals surface area (Å²) in [7, 11) is 0. The smallest absolute Gasteiger partial charge is 0.321 e. The zero-order valence-corrected chi connectivity index (χ0v) is 15.0. The van der Waals surface area contributed by atoms with E-state index >= 15 is 0 Å². The molecule has 6 nitrogen and oxygen atoms in total. The predicted octanol–water partition coefficient (Wildman–Crippen LogP) is 2.35. The zero-order chi connectivity index (χ0) is 19.2. The molecule has 0 radical (unpaired) electrons. The fourth-order valence-electron chi connectivity index (χ4n) is 3.07. The molecule has 0 unspecified atom stereocenters. The lowest BCUT2D eigenvalue weighted by Crippen LogP contribution is -2.33. The number of nitrogens with one attached hydrogen (secondary N) is 1. The van der Waals surface area contributed by atoms with E-state index in [4.69, 9.17) is 5.73 Å².